The highest BCUT2D eigenvalue weighted by molar-refractivity contribution is 7.18. The molecule has 0 N–H and O–H groups in total. The molecule has 0 atom stereocenters. The number of rotatable bonds is 4. The van der Waals surface area contributed by atoms with Crippen LogP contribution in [0.2, 0.25) is 0 Å². The lowest BCUT2D eigenvalue weighted by Gasteiger charge is -2.08. The number of hydrogen-bond acceptors (Lipinski definition) is 4. The van der Waals surface area contributed by atoms with Gasteiger partial charge in [0.2, 0.25) is 0 Å². The van der Waals surface area contributed by atoms with E-state index in [0.717, 1.165) is 39.2 Å². The minimum Gasteiger partial charge on any atom is -0.497 e. The molecule has 1 aliphatic carbocycles. The van der Waals surface area contributed by atoms with E-state index in [4.69, 9.17) is 9.47 Å². The summed E-state index contributed by atoms with van der Waals surface area (Å²) in [4.78, 5) is 4.52. The third-order valence-corrected chi connectivity index (χ3v) is 3.87. The highest BCUT2D eigenvalue weighted by atomic mass is 32.1. The Kier molecular flexibility index (Phi) is 2.67. The predicted molar refractivity (Wildman–Crippen MR) is 69.1 cm³/mol. The van der Waals surface area contributed by atoms with Crippen molar-refractivity contribution in [1.82, 2.24) is 4.98 Å². The van der Waals surface area contributed by atoms with Gasteiger partial charge >= 0.3 is 0 Å². The number of aryl methyl sites for hydroxylation is 1. The van der Waals surface area contributed by atoms with Crippen LogP contribution in [0.15, 0.2) is 12.1 Å². The van der Waals surface area contributed by atoms with E-state index in [1.165, 1.54) is 12.8 Å². The zero-order chi connectivity index (χ0) is 11.8. The Bertz CT molecular complexity index is 546. The summed E-state index contributed by atoms with van der Waals surface area (Å²) in [5.74, 6) is 2.44. The van der Waals surface area contributed by atoms with Crippen molar-refractivity contribution in [2.45, 2.75) is 19.8 Å². The molecule has 1 aromatic heterocycles. The van der Waals surface area contributed by atoms with Crippen LogP contribution in [0.5, 0.6) is 11.5 Å². The van der Waals surface area contributed by atoms with Crippen molar-refractivity contribution in [2.24, 2.45) is 5.92 Å². The van der Waals surface area contributed by atoms with Gasteiger partial charge in [0.05, 0.1) is 23.4 Å². The van der Waals surface area contributed by atoms with Crippen molar-refractivity contribution < 1.29 is 9.47 Å². The number of fused-ring (bicyclic) bond motifs is 1. The van der Waals surface area contributed by atoms with Gasteiger partial charge in [0.1, 0.15) is 17.0 Å². The van der Waals surface area contributed by atoms with Gasteiger partial charge in [-0.2, -0.15) is 0 Å². The fourth-order valence-corrected chi connectivity index (χ4v) is 2.68. The van der Waals surface area contributed by atoms with Crippen LogP contribution >= 0.6 is 11.3 Å². The summed E-state index contributed by atoms with van der Waals surface area (Å²) in [5.41, 5.74) is 0.967. The summed E-state index contributed by atoms with van der Waals surface area (Å²) in [7, 11) is 1.68. The van der Waals surface area contributed by atoms with E-state index in [9.17, 15) is 0 Å². The molecule has 0 spiro atoms. The fraction of sp³-hybridized carbons (Fsp3) is 0.462. The molecule has 90 valence electrons. The lowest BCUT2D eigenvalue weighted by molar-refractivity contribution is 0.300. The van der Waals surface area contributed by atoms with Gasteiger partial charge in [0.25, 0.3) is 0 Å². The molecule has 1 heterocycles. The van der Waals surface area contributed by atoms with Gasteiger partial charge in [0, 0.05) is 6.07 Å². The highest BCUT2D eigenvalue weighted by Gasteiger charge is 2.22. The molecule has 0 aliphatic heterocycles. The minimum atomic E-state index is 0.746. The molecule has 0 amide bonds. The van der Waals surface area contributed by atoms with Crippen molar-refractivity contribution in [2.75, 3.05) is 13.7 Å². The first-order chi connectivity index (χ1) is 8.26. The van der Waals surface area contributed by atoms with E-state index in [-0.39, 0.29) is 0 Å². The third-order valence-electron chi connectivity index (χ3n) is 2.95. The van der Waals surface area contributed by atoms with Gasteiger partial charge in [-0.1, -0.05) is 0 Å². The van der Waals surface area contributed by atoms with Gasteiger partial charge in [-0.25, -0.2) is 4.98 Å². The predicted octanol–water partition coefficient (Wildman–Crippen LogP) is 3.40. The third kappa shape index (κ3) is 2.22. The molecule has 1 saturated carbocycles. The summed E-state index contributed by atoms with van der Waals surface area (Å²) in [6.45, 7) is 2.82. The van der Waals surface area contributed by atoms with Gasteiger partial charge in [-0.15, -0.1) is 11.3 Å². The lowest BCUT2D eigenvalue weighted by atomic mass is 10.3. The monoisotopic (exact) mass is 249 g/mol. The SMILES string of the molecule is COc1cc(OCC2CC2)c2nc(C)sc2c1. The van der Waals surface area contributed by atoms with Crippen LogP contribution in [0.1, 0.15) is 17.8 Å². The fourth-order valence-electron chi connectivity index (χ4n) is 1.81. The van der Waals surface area contributed by atoms with Gasteiger partial charge in [-0.3, -0.25) is 0 Å². The summed E-state index contributed by atoms with van der Waals surface area (Å²) >= 11 is 1.67. The van der Waals surface area contributed by atoms with Gasteiger partial charge in [-0.05, 0) is 31.7 Å². The quantitative estimate of drug-likeness (QED) is 0.832. The number of ether oxygens (including phenoxy) is 2. The second kappa shape index (κ2) is 4.18. The van der Waals surface area contributed by atoms with Gasteiger partial charge in [0.15, 0.2) is 0 Å². The van der Waals surface area contributed by atoms with E-state index < -0.39 is 0 Å². The molecule has 0 bridgehead atoms. The molecular weight excluding hydrogens is 234 g/mol. The van der Waals surface area contributed by atoms with Crippen molar-refractivity contribution in [3.8, 4) is 11.5 Å². The normalized spacial score (nSPS) is 15.2. The molecule has 1 fully saturated rings. The van der Waals surface area contributed by atoms with Gasteiger partial charge < -0.3 is 9.47 Å². The number of benzene rings is 1. The van der Waals surface area contributed by atoms with Crippen LogP contribution in [0, 0.1) is 12.8 Å². The van der Waals surface area contributed by atoms with E-state index >= 15 is 0 Å². The van der Waals surface area contributed by atoms with E-state index in [1.807, 2.05) is 19.1 Å². The van der Waals surface area contributed by atoms with Crippen LogP contribution in [0.4, 0.5) is 0 Å². The van der Waals surface area contributed by atoms with Crippen LogP contribution in [-0.2, 0) is 0 Å². The van der Waals surface area contributed by atoms with Crippen LogP contribution in [0.25, 0.3) is 10.2 Å². The smallest absolute Gasteiger partial charge is 0.150 e. The van der Waals surface area contributed by atoms with Crippen molar-refractivity contribution >= 4 is 21.6 Å². The largest absolute Gasteiger partial charge is 0.497 e. The Labute approximate surface area is 104 Å². The highest BCUT2D eigenvalue weighted by Crippen LogP contribution is 2.36. The Hall–Kier alpha value is -1.29. The first-order valence-corrected chi connectivity index (χ1v) is 6.66. The molecule has 0 saturated heterocycles. The first-order valence-electron chi connectivity index (χ1n) is 5.84. The molecule has 1 aromatic carbocycles. The molecule has 4 heteroatoms. The number of methoxy groups -OCH3 is 1. The second-order valence-corrected chi connectivity index (χ2v) is 5.69. The zero-order valence-electron chi connectivity index (χ0n) is 10.0. The van der Waals surface area contributed by atoms with E-state index in [0.29, 0.717) is 0 Å². The lowest BCUT2D eigenvalue weighted by Crippen LogP contribution is -1.99. The van der Waals surface area contributed by atoms with Crippen LogP contribution < -0.4 is 9.47 Å². The molecule has 17 heavy (non-hydrogen) atoms. The van der Waals surface area contributed by atoms with E-state index in [2.05, 4.69) is 4.98 Å². The number of aromatic nitrogens is 1. The Morgan fingerprint density at radius 1 is 1.41 bits per heavy atom. The molecule has 3 nitrogen and oxygen atoms in total. The molecule has 1 aliphatic rings. The van der Waals surface area contributed by atoms with Crippen molar-refractivity contribution in [3.63, 3.8) is 0 Å². The maximum Gasteiger partial charge on any atom is 0.150 e. The van der Waals surface area contributed by atoms with Crippen molar-refractivity contribution in [3.05, 3.63) is 17.1 Å². The molecule has 3 rings (SSSR count). The Balaban J connectivity index is 1.98. The number of thiazole rings is 1. The minimum absolute atomic E-state index is 0.746. The number of hydrogen-bond donors (Lipinski definition) is 0. The molecular formula is C13H15NO2S. The summed E-state index contributed by atoms with van der Waals surface area (Å²) in [6.07, 6.45) is 2.59. The first kappa shape index (κ1) is 10.8. The summed E-state index contributed by atoms with van der Waals surface area (Å²) in [5, 5.41) is 1.06. The topological polar surface area (TPSA) is 31.4 Å². The molecule has 2 aromatic rings. The second-order valence-electron chi connectivity index (χ2n) is 4.46. The number of nitrogens with zero attached hydrogens (tertiary/aromatic N) is 1. The Morgan fingerprint density at radius 3 is 2.94 bits per heavy atom. The molecule has 0 radical (unpaired) electrons. The zero-order valence-corrected chi connectivity index (χ0v) is 10.8. The van der Waals surface area contributed by atoms with Crippen LogP contribution in [-0.4, -0.2) is 18.7 Å². The maximum atomic E-state index is 5.86. The average Bonchev–Trinajstić information content (AvgIpc) is 3.06. The van der Waals surface area contributed by atoms with Crippen LogP contribution in [0.3, 0.4) is 0 Å². The van der Waals surface area contributed by atoms with E-state index in [1.54, 1.807) is 18.4 Å². The summed E-state index contributed by atoms with van der Waals surface area (Å²) < 4.78 is 12.3. The van der Waals surface area contributed by atoms with Crippen molar-refractivity contribution in [1.29, 1.82) is 0 Å². The summed E-state index contributed by atoms with van der Waals surface area (Å²) in [6, 6.07) is 3.95. The Morgan fingerprint density at radius 2 is 2.24 bits per heavy atom. The molecule has 0 unspecified atom stereocenters. The average molecular weight is 249 g/mol. The standard InChI is InChI=1S/C13H15NO2S/c1-8-14-13-11(16-7-9-3-4-9)5-10(15-2)6-12(13)17-8/h5-6,9H,3-4,7H2,1-2H3. The maximum absolute atomic E-state index is 5.86.